The standard InChI is InChI=1S/C18H24N6O.2ClH/c19-13-9-12(10-13)14-11-17(22-18(20)21-14)24-7-5-23(6-8-24)15-3-1-2-4-16(15)25;;/h1-4,11-13,25H,5-10,19H2,(H2,20,21,22);2*1H. The number of piperazine rings is 1. The van der Waals surface area contributed by atoms with Crippen LogP contribution in [-0.2, 0) is 0 Å². The van der Waals surface area contributed by atoms with Gasteiger partial charge in [-0.05, 0) is 25.0 Å². The number of hydrogen-bond donors (Lipinski definition) is 3. The molecule has 1 aliphatic carbocycles. The maximum atomic E-state index is 10.0. The molecule has 2 aliphatic rings. The van der Waals surface area contributed by atoms with Gasteiger partial charge in [0.25, 0.3) is 0 Å². The first-order chi connectivity index (χ1) is 12.1. The number of phenols is 1. The summed E-state index contributed by atoms with van der Waals surface area (Å²) >= 11 is 0. The monoisotopic (exact) mass is 412 g/mol. The molecular formula is C18H26Cl2N6O. The number of nitrogen functional groups attached to an aromatic ring is 1. The van der Waals surface area contributed by atoms with E-state index in [1.807, 2.05) is 18.2 Å². The quantitative estimate of drug-likeness (QED) is 0.708. The van der Waals surface area contributed by atoms with Gasteiger partial charge in [0.15, 0.2) is 0 Å². The lowest BCUT2D eigenvalue weighted by Gasteiger charge is -2.37. The Morgan fingerprint density at radius 3 is 2.22 bits per heavy atom. The first-order valence-electron chi connectivity index (χ1n) is 8.78. The predicted molar refractivity (Wildman–Crippen MR) is 113 cm³/mol. The summed E-state index contributed by atoms with van der Waals surface area (Å²) in [5.74, 6) is 1.95. The molecule has 2 heterocycles. The van der Waals surface area contributed by atoms with E-state index in [4.69, 9.17) is 11.5 Å². The Balaban J connectivity index is 0.00000131. The third-order valence-corrected chi connectivity index (χ3v) is 5.17. The molecule has 2 fully saturated rings. The van der Waals surface area contributed by atoms with Gasteiger partial charge in [-0.2, -0.15) is 4.98 Å². The van der Waals surface area contributed by atoms with Gasteiger partial charge in [-0.1, -0.05) is 12.1 Å². The summed E-state index contributed by atoms with van der Waals surface area (Å²) in [5.41, 5.74) is 13.7. The maximum Gasteiger partial charge on any atom is 0.222 e. The summed E-state index contributed by atoms with van der Waals surface area (Å²) in [6.07, 6.45) is 1.94. The molecule has 1 saturated carbocycles. The second-order valence-electron chi connectivity index (χ2n) is 6.90. The first-order valence-corrected chi connectivity index (χ1v) is 8.78. The Kier molecular flexibility index (Phi) is 6.97. The molecular weight excluding hydrogens is 387 g/mol. The average molecular weight is 413 g/mol. The van der Waals surface area contributed by atoms with Gasteiger partial charge in [0, 0.05) is 44.2 Å². The number of aromatic hydroxyl groups is 1. The van der Waals surface area contributed by atoms with E-state index in [1.54, 1.807) is 6.07 Å². The van der Waals surface area contributed by atoms with E-state index in [9.17, 15) is 5.11 Å². The zero-order valence-electron chi connectivity index (χ0n) is 15.0. The van der Waals surface area contributed by atoms with Gasteiger partial charge in [-0.25, -0.2) is 4.98 Å². The Morgan fingerprint density at radius 2 is 1.59 bits per heavy atom. The highest BCUT2D eigenvalue weighted by Gasteiger charge is 2.30. The average Bonchev–Trinajstić information content (AvgIpc) is 2.59. The number of benzene rings is 1. The molecule has 1 saturated heterocycles. The zero-order chi connectivity index (χ0) is 17.4. The van der Waals surface area contributed by atoms with E-state index >= 15 is 0 Å². The Hall–Kier alpha value is -1.96. The molecule has 148 valence electrons. The molecule has 0 bridgehead atoms. The van der Waals surface area contributed by atoms with Crippen LogP contribution in [0, 0.1) is 0 Å². The van der Waals surface area contributed by atoms with Crippen LogP contribution in [-0.4, -0.2) is 47.3 Å². The number of rotatable bonds is 3. The van der Waals surface area contributed by atoms with Crippen molar-refractivity contribution in [2.45, 2.75) is 24.8 Å². The highest BCUT2D eigenvalue weighted by Crippen LogP contribution is 2.36. The Morgan fingerprint density at radius 1 is 0.963 bits per heavy atom. The summed E-state index contributed by atoms with van der Waals surface area (Å²) in [4.78, 5) is 13.3. The molecule has 9 heteroatoms. The maximum absolute atomic E-state index is 10.0. The summed E-state index contributed by atoms with van der Waals surface area (Å²) in [7, 11) is 0. The van der Waals surface area contributed by atoms with Crippen LogP contribution in [0.15, 0.2) is 30.3 Å². The van der Waals surface area contributed by atoms with Gasteiger partial charge in [-0.3, -0.25) is 0 Å². The van der Waals surface area contributed by atoms with Crippen molar-refractivity contribution >= 4 is 42.3 Å². The molecule has 1 aromatic heterocycles. The second kappa shape index (κ2) is 8.82. The third-order valence-electron chi connectivity index (χ3n) is 5.17. The van der Waals surface area contributed by atoms with Crippen LogP contribution >= 0.6 is 24.8 Å². The van der Waals surface area contributed by atoms with Crippen molar-refractivity contribution in [3.63, 3.8) is 0 Å². The fraction of sp³-hybridized carbons (Fsp3) is 0.444. The smallest absolute Gasteiger partial charge is 0.222 e. The van der Waals surface area contributed by atoms with E-state index in [0.29, 0.717) is 17.6 Å². The minimum absolute atomic E-state index is 0. The van der Waals surface area contributed by atoms with Crippen molar-refractivity contribution in [3.05, 3.63) is 36.0 Å². The zero-order valence-corrected chi connectivity index (χ0v) is 16.6. The number of para-hydroxylation sites is 2. The fourth-order valence-electron chi connectivity index (χ4n) is 3.65. The van der Waals surface area contributed by atoms with E-state index in [2.05, 4.69) is 25.8 Å². The predicted octanol–water partition coefficient (Wildman–Crippen LogP) is 2.14. The van der Waals surface area contributed by atoms with E-state index < -0.39 is 0 Å². The second-order valence-corrected chi connectivity index (χ2v) is 6.90. The van der Waals surface area contributed by atoms with E-state index in [-0.39, 0.29) is 30.9 Å². The number of nitrogens with zero attached hydrogens (tertiary/aromatic N) is 4. The first kappa shape index (κ1) is 21.3. The van der Waals surface area contributed by atoms with Gasteiger partial charge in [0.2, 0.25) is 5.95 Å². The van der Waals surface area contributed by atoms with Crippen molar-refractivity contribution in [1.29, 1.82) is 0 Å². The number of anilines is 3. The van der Waals surface area contributed by atoms with Gasteiger partial charge < -0.3 is 26.4 Å². The molecule has 0 spiro atoms. The van der Waals surface area contributed by atoms with Gasteiger partial charge in [0.05, 0.1) is 11.4 Å². The van der Waals surface area contributed by atoms with Crippen molar-refractivity contribution in [1.82, 2.24) is 9.97 Å². The largest absolute Gasteiger partial charge is 0.506 e. The minimum Gasteiger partial charge on any atom is -0.506 e. The third kappa shape index (κ3) is 4.48. The summed E-state index contributed by atoms with van der Waals surface area (Å²) in [6, 6.07) is 9.80. The number of phenolic OH excluding ortho intramolecular Hbond substituents is 1. The van der Waals surface area contributed by atoms with Gasteiger partial charge >= 0.3 is 0 Å². The number of aromatic nitrogens is 2. The van der Waals surface area contributed by atoms with Crippen LogP contribution in [0.3, 0.4) is 0 Å². The molecule has 1 aliphatic heterocycles. The lowest BCUT2D eigenvalue weighted by Crippen LogP contribution is -2.47. The molecule has 0 unspecified atom stereocenters. The van der Waals surface area contributed by atoms with Crippen molar-refractivity contribution in [2.24, 2.45) is 5.73 Å². The van der Waals surface area contributed by atoms with Gasteiger partial charge in [-0.15, -0.1) is 24.8 Å². The van der Waals surface area contributed by atoms with Crippen LogP contribution in [0.25, 0.3) is 0 Å². The van der Waals surface area contributed by atoms with Gasteiger partial charge in [0.1, 0.15) is 11.6 Å². The van der Waals surface area contributed by atoms with Crippen molar-refractivity contribution in [3.8, 4) is 5.75 Å². The molecule has 7 nitrogen and oxygen atoms in total. The van der Waals surface area contributed by atoms with Crippen molar-refractivity contribution < 1.29 is 5.11 Å². The molecule has 0 amide bonds. The number of hydrogen-bond acceptors (Lipinski definition) is 7. The van der Waals surface area contributed by atoms with E-state index in [0.717, 1.165) is 56.2 Å². The molecule has 5 N–H and O–H groups in total. The molecule has 2 aromatic rings. The summed E-state index contributed by atoms with van der Waals surface area (Å²) < 4.78 is 0. The Labute approximate surface area is 171 Å². The molecule has 1 aromatic carbocycles. The topological polar surface area (TPSA) is 105 Å². The number of halogens is 2. The normalized spacial score (nSPS) is 21.7. The van der Waals surface area contributed by atoms with Crippen LogP contribution in [0.5, 0.6) is 5.75 Å². The minimum atomic E-state index is 0. The van der Waals surface area contributed by atoms with Crippen LogP contribution in [0.1, 0.15) is 24.5 Å². The van der Waals surface area contributed by atoms with Crippen LogP contribution < -0.4 is 21.3 Å². The molecule has 0 radical (unpaired) electrons. The highest BCUT2D eigenvalue weighted by molar-refractivity contribution is 5.85. The SMILES string of the molecule is Cl.Cl.Nc1nc(C2CC(N)C2)cc(N2CCN(c3ccccc3O)CC2)n1. The lowest BCUT2D eigenvalue weighted by atomic mass is 9.78. The lowest BCUT2D eigenvalue weighted by molar-refractivity contribution is 0.345. The summed E-state index contributed by atoms with van der Waals surface area (Å²) in [6.45, 7) is 3.30. The Bertz CT molecular complexity index is 763. The molecule has 4 rings (SSSR count). The molecule has 0 atom stereocenters. The van der Waals surface area contributed by atoms with Crippen LogP contribution in [0.4, 0.5) is 17.5 Å². The van der Waals surface area contributed by atoms with E-state index in [1.165, 1.54) is 0 Å². The van der Waals surface area contributed by atoms with Crippen LogP contribution in [0.2, 0.25) is 0 Å². The van der Waals surface area contributed by atoms with Crippen molar-refractivity contribution in [2.75, 3.05) is 41.7 Å². The number of nitrogens with two attached hydrogens (primary N) is 2. The molecule has 27 heavy (non-hydrogen) atoms. The highest BCUT2D eigenvalue weighted by atomic mass is 35.5. The fourth-order valence-corrected chi connectivity index (χ4v) is 3.65. The summed E-state index contributed by atoms with van der Waals surface area (Å²) in [5, 5.41) is 10.0.